The van der Waals surface area contributed by atoms with Crippen molar-refractivity contribution < 1.29 is 9.18 Å². The molecule has 0 atom stereocenters. The van der Waals surface area contributed by atoms with Gasteiger partial charge in [0.05, 0.1) is 11.6 Å². The summed E-state index contributed by atoms with van der Waals surface area (Å²) in [5.74, 6) is 0.284. The predicted octanol–water partition coefficient (Wildman–Crippen LogP) is 2.60. The second kappa shape index (κ2) is 4.81. The molecule has 0 spiro atoms. The lowest BCUT2D eigenvalue weighted by molar-refractivity contribution is 0.0243. The number of nitrogens with zero attached hydrogens (tertiary/aromatic N) is 2. The van der Waals surface area contributed by atoms with Crippen molar-refractivity contribution in [3.63, 3.8) is 0 Å². The number of fused-ring (bicyclic) bond motifs is 3. The lowest BCUT2D eigenvalue weighted by Gasteiger charge is -2.44. The van der Waals surface area contributed by atoms with Gasteiger partial charge in [0.25, 0.3) is 5.91 Å². The number of carbonyl (C=O) groups excluding carboxylic acids is 1. The Morgan fingerprint density at radius 2 is 2.14 bits per heavy atom. The molecule has 22 heavy (non-hydrogen) atoms. The van der Waals surface area contributed by atoms with Gasteiger partial charge in [0.1, 0.15) is 5.82 Å². The van der Waals surface area contributed by atoms with Crippen LogP contribution in [0.4, 0.5) is 4.39 Å². The number of hydrogen-bond acceptors (Lipinski definition) is 2. The Morgan fingerprint density at radius 1 is 1.36 bits per heavy atom. The summed E-state index contributed by atoms with van der Waals surface area (Å²) >= 11 is 0. The molecule has 1 fully saturated rings. The van der Waals surface area contributed by atoms with Crippen LogP contribution in [0.2, 0.25) is 0 Å². The third-order valence-corrected chi connectivity index (χ3v) is 4.70. The minimum Gasteiger partial charge on any atom is -0.359 e. The molecular formula is C17H20FN3O. The lowest BCUT2D eigenvalue weighted by atomic mass is 10.0. The third kappa shape index (κ3) is 1.96. The number of rotatable bonds is 3. The van der Waals surface area contributed by atoms with Crippen molar-refractivity contribution in [2.24, 2.45) is 5.92 Å². The van der Waals surface area contributed by atoms with E-state index in [1.54, 1.807) is 0 Å². The van der Waals surface area contributed by atoms with Crippen LogP contribution in [0.3, 0.4) is 0 Å². The van der Waals surface area contributed by atoms with E-state index in [4.69, 9.17) is 0 Å². The molecule has 1 amide bonds. The summed E-state index contributed by atoms with van der Waals surface area (Å²) in [6.07, 6.45) is 1.33. The topological polar surface area (TPSA) is 39.3 Å². The summed E-state index contributed by atoms with van der Waals surface area (Å²) in [5.41, 5.74) is 2.19. The van der Waals surface area contributed by atoms with Crippen LogP contribution >= 0.6 is 0 Å². The van der Waals surface area contributed by atoms with Gasteiger partial charge in [0.15, 0.2) is 0 Å². The zero-order chi connectivity index (χ0) is 15.4. The van der Waals surface area contributed by atoms with Crippen molar-refractivity contribution in [1.29, 1.82) is 0 Å². The van der Waals surface area contributed by atoms with Crippen molar-refractivity contribution in [3.8, 4) is 0 Å². The minimum absolute atomic E-state index is 0.0201. The molecule has 116 valence electrons. The number of aromatic nitrogens is 1. The van der Waals surface area contributed by atoms with Crippen LogP contribution in [0.5, 0.6) is 0 Å². The number of H-pyrrole nitrogens is 1. The first-order valence-electron chi connectivity index (χ1n) is 7.86. The van der Waals surface area contributed by atoms with E-state index in [0.717, 1.165) is 25.2 Å². The molecular weight excluding hydrogens is 281 g/mol. The van der Waals surface area contributed by atoms with Gasteiger partial charge in [0.2, 0.25) is 0 Å². The fraction of sp³-hybridized carbons (Fsp3) is 0.471. The number of nitrogens with one attached hydrogen (secondary N) is 1. The van der Waals surface area contributed by atoms with E-state index < -0.39 is 0 Å². The number of halogens is 1. The highest BCUT2D eigenvalue weighted by Crippen LogP contribution is 2.34. The average molecular weight is 301 g/mol. The third-order valence-electron chi connectivity index (χ3n) is 4.70. The molecule has 0 saturated carbocycles. The smallest absolute Gasteiger partial charge is 0.255 e. The predicted molar refractivity (Wildman–Crippen MR) is 83.2 cm³/mol. The zero-order valence-corrected chi connectivity index (χ0v) is 12.9. The summed E-state index contributed by atoms with van der Waals surface area (Å²) in [7, 11) is 0. The maximum absolute atomic E-state index is 14.0. The van der Waals surface area contributed by atoms with Crippen LogP contribution < -0.4 is 0 Å². The quantitative estimate of drug-likeness (QED) is 0.946. The van der Waals surface area contributed by atoms with E-state index in [2.05, 4.69) is 23.7 Å². The van der Waals surface area contributed by atoms with Gasteiger partial charge in [-0.1, -0.05) is 19.9 Å². The Labute approximate surface area is 128 Å². The van der Waals surface area contributed by atoms with E-state index in [9.17, 15) is 9.18 Å². The van der Waals surface area contributed by atoms with Crippen molar-refractivity contribution in [3.05, 3.63) is 35.3 Å². The van der Waals surface area contributed by atoms with Gasteiger partial charge < -0.3 is 9.88 Å². The summed E-state index contributed by atoms with van der Waals surface area (Å²) in [4.78, 5) is 19.9. The van der Waals surface area contributed by atoms with E-state index >= 15 is 0 Å². The molecule has 0 unspecified atom stereocenters. The summed E-state index contributed by atoms with van der Waals surface area (Å²) in [5, 5.41) is 0.448. The van der Waals surface area contributed by atoms with Crippen molar-refractivity contribution >= 4 is 16.8 Å². The second-order valence-electron chi connectivity index (χ2n) is 6.86. The fourth-order valence-corrected chi connectivity index (χ4v) is 3.70. The molecule has 1 aromatic heterocycles. The monoisotopic (exact) mass is 301 g/mol. The molecule has 1 saturated heterocycles. The zero-order valence-electron chi connectivity index (χ0n) is 12.9. The number of amides is 1. The van der Waals surface area contributed by atoms with Gasteiger partial charge in [-0.15, -0.1) is 0 Å². The number of carbonyl (C=O) groups is 1. The molecule has 2 aliphatic heterocycles. The van der Waals surface area contributed by atoms with Crippen LogP contribution in [0.15, 0.2) is 18.3 Å². The minimum atomic E-state index is -0.336. The molecule has 0 bridgehead atoms. The first-order valence-corrected chi connectivity index (χ1v) is 7.86. The van der Waals surface area contributed by atoms with Crippen LogP contribution in [0.1, 0.15) is 29.8 Å². The Hall–Kier alpha value is -1.88. The van der Waals surface area contributed by atoms with Gasteiger partial charge in [-0.3, -0.25) is 9.69 Å². The van der Waals surface area contributed by atoms with Crippen LogP contribution in [0.25, 0.3) is 10.9 Å². The molecule has 4 nitrogen and oxygen atoms in total. The maximum atomic E-state index is 14.0. The second-order valence-corrected chi connectivity index (χ2v) is 6.86. The number of aromatic amines is 1. The van der Waals surface area contributed by atoms with Gasteiger partial charge in [-0.2, -0.15) is 0 Å². The molecule has 0 radical (unpaired) electrons. The molecule has 3 heterocycles. The van der Waals surface area contributed by atoms with Crippen LogP contribution in [0, 0.1) is 11.7 Å². The maximum Gasteiger partial charge on any atom is 0.255 e. The standard InChI is InChI=1S/C17H20FN3O/c1-10(2)6-20-8-12(9-20)21-7-11-3-4-14-16(13(18)5-19-14)15(11)17(21)22/h3-5,10,12,19H,6-9H2,1-2H3. The molecule has 4 rings (SSSR count). The highest BCUT2D eigenvalue weighted by atomic mass is 19.1. The summed E-state index contributed by atoms with van der Waals surface area (Å²) < 4.78 is 14.0. The number of benzene rings is 1. The molecule has 2 aliphatic rings. The Kier molecular flexibility index (Phi) is 3.01. The highest BCUT2D eigenvalue weighted by molar-refractivity contribution is 6.10. The van der Waals surface area contributed by atoms with Gasteiger partial charge in [-0.25, -0.2) is 4.39 Å². The van der Waals surface area contributed by atoms with E-state index in [-0.39, 0.29) is 17.8 Å². The molecule has 1 N–H and O–H groups in total. The number of likely N-dealkylation sites (tertiary alicyclic amines) is 1. The SMILES string of the molecule is CC(C)CN1CC(N2Cc3ccc4[nH]cc(F)c4c3C2=O)C1. The Morgan fingerprint density at radius 3 is 2.86 bits per heavy atom. The summed E-state index contributed by atoms with van der Waals surface area (Å²) in [6, 6.07) is 4.06. The molecule has 2 aromatic rings. The molecule has 1 aromatic carbocycles. The number of hydrogen-bond donors (Lipinski definition) is 1. The van der Waals surface area contributed by atoms with Crippen molar-refractivity contribution in [2.75, 3.05) is 19.6 Å². The first-order chi connectivity index (χ1) is 10.5. The Balaban J connectivity index is 1.58. The largest absolute Gasteiger partial charge is 0.359 e. The van der Waals surface area contributed by atoms with Crippen LogP contribution in [-0.4, -0.2) is 46.4 Å². The summed E-state index contributed by atoms with van der Waals surface area (Å²) in [6.45, 7) is 7.94. The van der Waals surface area contributed by atoms with Crippen LogP contribution in [-0.2, 0) is 6.54 Å². The normalized spacial score (nSPS) is 19.3. The highest BCUT2D eigenvalue weighted by Gasteiger charge is 2.40. The first kappa shape index (κ1) is 13.8. The van der Waals surface area contributed by atoms with E-state index in [1.807, 2.05) is 17.0 Å². The van der Waals surface area contributed by atoms with Gasteiger partial charge in [-0.05, 0) is 17.5 Å². The fourth-order valence-electron chi connectivity index (χ4n) is 3.70. The average Bonchev–Trinajstić information content (AvgIpc) is 2.95. The van der Waals surface area contributed by atoms with Gasteiger partial charge >= 0.3 is 0 Å². The molecule has 0 aliphatic carbocycles. The van der Waals surface area contributed by atoms with Gasteiger partial charge in [0, 0.05) is 43.3 Å². The van der Waals surface area contributed by atoms with E-state index in [1.165, 1.54) is 6.20 Å². The Bertz CT molecular complexity index is 746. The lowest BCUT2D eigenvalue weighted by Crippen LogP contribution is -2.59. The van der Waals surface area contributed by atoms with E-state index in [0.29, 0.717) is 28.9 Å². The van der Waals surface area contributed by atoms with Crippen molar-refractivity contribution in [1.82, 2.24) is 14.8 Å². The molecule has 5 heteroatoms. The van der Waals surface area contributed by atoms with Crippen molar-refractivity contribution in [2.45, 2.75) is 26.4 Å².